The SMILES string of the molecule is COc1ccc(CN=C(NCCc2ccccc2Cl)NCc2nnc(C)n2C)cc1. The minimum atomic E-state index is 0.526. The third kappa shape index (κ3) is 5.97. The summed E-state index contributed by atoms with van der Waals surface area (Å²) in [5.41, 5.74) is 2.20. The Morgan fingerprint density at radius 3 is 2.53 bits per heavy atom. The number of ether oxygens (including phenoxy) is 1. The standard InChI is InChI=1S/C22H27ClN6O/c1-16-27-28-21(29(16)2)15-26-22(24-13-12-18-6-4-5-7-20(18)23)25-14-17-8-10-19(30-3)11-9-17/h4-11H,12-15H2,1-3H3,(H2,24,25,26). The average molecular weight is 427 g/mol. The number of nitrogens with one attached hydrogen (secondary N) is 2. The van der Waals surface area contributed by atoms with Gasteiger partial charge in [0.05, 0.1) is 20.2 Å². The Hall–Kier alpha value is -3.06. The van der Waals surface area contributed by atoms with Crippen LogP contribution < -0.4 is 15.4 Å². The molecule has 0 bridgehead atoms. The van der Waals surface area contributed by atoms with Gasteiger partial charge in [-0.2, -0.15) is 0 Å². The van der Waals surface area contributed by atoms with Crippen LogP contribution in [0.1, 0.15) is 22.8 Å². The van der Waals surface area contributed by atoms with E-state index in [2.05, 4.69) is 20.8 Å². The first-order chi connectivity index (χ1) is 14.6. The molecule has 1 aromatic heterocycles. The molecule has 0 aliphatic rings. The van der Waals surface area contributed by atoms with Crippen molar-refractivity contribution in [3.05, 3.63) is 76.3 Å². The normalized spacial score (nSPS) is 11.4. The lowest BCUT2D eigenvalue weighted by molar-refractivity contribution is 0.414. The van der Waals surface area contributed by atoms with E-state index >= 15 is 0 Å². The summed E-state index contributed by atoms with van der Waals surface area (Å²) >= 11 is 6.26. The van der Waals surface area contributed by atoms with Gasteiger partial charge >= 0.3 is 0 Å². The zero-order chi connectivity index (χ0) is 21.3. The highest BCUT2D eigenvalue weighted by Crippen LogP contribution is 2.15. The highest BCUT2D eigenvalue weighted by molar-refractivity contribution is 6.31. The molecule has 158 valence electrons. The molecule has 0 aliphatic carbocycles. The second-order valence-corrected chi connectivity index (χ2v) is 7.26. The smallest absolute Gasteiger partial charge is 0.191 e. The van der Waals surface area contributed by atoms with Gasteiger partial charge in [-0.25, -0.2) is 4.99 Å². The number of guanidine groups is 1. The molecule has 8 heteroatoms. The van der Waals surface area contributed by atoms with Crippen LogP contribution in [0, 0.1) is 6.92 Å². The summed E-state index contributed by atoms with van der Waals surface area (Å²) in [6.45, 7) is 3.70. The molecule has 7 nitrogen and oxygen atoms in total. The van der Waals surface area contributed by atoms with Crippen molar-refractivity contribution < 1.29 is 4.74 Å². The number of methoxy groups -OCH3 is 1. The highest BCUT2D eigenvalue weighted by atomic mass is 35.5. The van der Waals surface area contributed by atoms with Crippen molar-refractivity contribution in [3.8, 4) is 5.75 Å². The molecule has 0 spiro atoms. The van der Waals surface area contributed by atoms with Crippen LogP contribution in [-0.2, 0) is 26.6 Å². The van der Waals surface area contributed by atoms with E-state index in [4.69, 9.17) is 21.3 Å². The molecular formula is C22H27ClN6O. The molecule has 3 rings (SSSR count). The fraction of sp³-hybridized carbons (Fsp3) is 0.318. The van der Waals surface area contributed by atoms with Crippen LogP contribution >= 0.6 is 11.6 Å². The summed E-state index contributed by atoms with van der Waals surface area (Å²) in [4.78, 5) is 4.72. The molecule has 1 heterocycles. The van der Waals surface area contributed by atoms with E-state index in [0.717, 1.165) is 40.0 Å². The van der Waals surface area contributed by atoms with E-state index in [1.54, 1.807) is 7.11 Å². The Kier molecular flexibility index (Phi) is 7.68. The average Bonchev–Trinajstić information content (AvgIpc) is 3.09. The minimum Gasteiger partial charge on any atom is -0.497 e. The number of aryl methyl sites for hydroxylation is 1. The Balaban J connectivity index is 1.64. The van der Waals surface area contributed by atoms with Gasteiger partial charge in [-0.15, -0.1) is 10.2 Å². The number of hydrogen-bond acceptors (Lipinski definition) is 4. The zero-order valence-electron chi connectivity index (χ0n) is 17.5. The minimum absolute atomic E-state index is 0.526. The lowest BCUT2D eigenvalue weighted by atomic mass is 10.1. The number of benzene rings is 2. The van der Waals surface area contributed by atoms with Crippen LogP contribution in [-0.4, -0.2) is 34.4 Å². The Morgan fingerprint density at radius 2 is 1.87 bits per heavy atom. The van der Waals surface area contributed by atoms with Gasteiger partial charge in [0.15, 0.2) is 11.8 Å². The van der Waals surface area contributed by atoms with Gasteiger partial charge < -0.3 is 19.9 Å². The first-order valence-corrected chi connectivity index (χ1v) is 10.2. The fourth-order valence-corrected chi connectivity index (χ4v) is 3.09. The fourth-order valence-electron chi connectivity index (χ4n) is 2.86. The van der Waals surface area contributed by atoms with Gasteiger partial charge in [0.2, 0.25) is 0 Å². The second kappa shape index (κ2) is 10.6. The van der Waals surface area contributed by atoms with Crippen molar-refractivity contribution >= 4 is 17.6 Å². The number of rotatable bonds is 8. The van der Waals surface area contributed by atoms with Gasteiger partial charge in [-0.3, -0.25) is 0 Å². The first kappa shape index (κ1) is 21.6. The molecule has 0 amide bonds. The van der Waals surface area contributed by atoms with Gasteiger partial charge in [-0.1, -0.05) is 41.9 Å². The van der Waals surface area contributed by atoms with Crippen molar-refractivity contribution in [1.29, 1.82) is 0 Å². The largest absolute Gasteiger partial charge is 0.497 e. The van der Waals surface area contributed by atoms with Gasteiger partial charge in [0, 0.05) is 18.6 Å². The van der Waals surface area contributed by atoms with E-state index in [1.165, 1.54) is 0 Å². The predicted molar refractivity (Wildman–Crippen MR) is 120 cm³/mol. The molecular weight excluding hydrogens is 400 g/mol. The van der Waals surface area contributed by atoms with Crippen molar-refractivity contribution in [3.63, 3.8) is 0 Å². The Morgan fingerprint density at radius 1 is 1.10 bits per heavy atom. The molecule has 0 saturated heterocycles. The molecule has 0 aliphatic heterocycles. The van der Waals surface area contributed by atoms with E-state index in [1.807, 2.05) is 67.1 Å². The summed E-state index contributed by atoms with van der Waals surface area (Å²) in [6.07, 6.45) is 0.798. The zero-order valence-corrected chi connectivity index (χ0v) is 18.3. The van der Waals surface area contributed by atoms with Gasteiger partial charge in [-0.05, 0) is 42.7 Å². The number of nitrogens with zero attached hydrogens (tertiary/aromatic N) is 4. The van der Waals surface area contributed by atoms with Crippen molar-refractivity contribution in [2.75, 3.05) is 13.7 Å². The maximum atomic E-state index is 6.26. The van der Waals surface area contributed by atoms with Crippen LogP contribution in [0.5, 0.6) is 5.75 Å². The molecule has 0 unspecified atom stereocenters. The van der Waals surface area contributed by atoms with Crippen molar-refractivity contribution in [2.45, 2.75) is 26.4 Å². The lowest BCUT2D eigenvalue weighted by Crippen LogP contribution is -2.38. The highest BCUT2D eigenvalue weighted by Gasteiger charge is 2.07. The summed E-state index contributed by atoms with van der Waals surface area (Å²) in [6, 6.07) is 15.8. The molecule has 30 heavy (non-hydrogen) atoms. The topological polar surface area (TPSA) is 76.4 Å². The summed E-state index contributed by atoms with van der Waals surface area (Å²) in [5.74, 6) is 3.25. The number of halogens is 1. The molecule has 0 saturated carbocycles. The van der Waals surface area contributed by atoms with E-state index in [-0.39, 0.29) is 0 Å². The molecule has 3 aromatic rings. The Bertz CT molecular complexity index is 984. The summed E-state index contributed by atoms with van der Waals surface area (Å²) < 4.78 is 7.17. The maximum Gasteiger partial charge on any atom is 0.191 e. The molecule has 0 radical (unpaired) electrons. The lowest BCUT2D eigenvalue weighted by Gasteiger charge is -2.13. The quantitative estimate of drug-likeness (QED) is 0.427. The Labute approximate surface area is 182 Å². The van der Waals surface area contributed by atoms with Crippen LogP contribution in [0.2, 0.25) is 5.02 Å². The number of hydrogen-bond donors (Lipinski definition) is 2. The van der Waals surface area contributed by atoms with Gasteiger partial charge in [0.25, 0.3) is 0 Å². The van der Waals surface area contributed by atoms with Crippen LogP contribution in [0.3, 0.4) is 0 Å². The van der Waals surface area contributed by atoms with E-state index in [0.29, 0.717) is 25.6 Å². The third-order valence-corrected chi connectivity index (χ3v) is 5.19. The number of aromatic nitrogens is 3. The first-order valence-electron chi connectivity index (χ1n) is 9.80. The molecule has 0 atom stereocenters. The van der Waals surface area contributed by atoms with Crippen LogP contribution in [0.4, 0.5) is 0 Å². The molecule has 2 aromatic carbocycles. The predicted octanol–water partition coefficient (Wildman–Crippen LogP) is 3.26. The van der Waals surface area contributed by atoms with Gasteiger partial charge in [0.1, 0.15) is 11.6 Å². The van der Waals surface area contributed by atoms with Crippen LogP contribution in [0.15, 0.2) is 53.5 Å². The van der Waals surface area contributed by atoms with Crippen LogP contribution in [0.25, 0.3) is 0 Å². The molecule has 2 N–H and O–H groups in total. The van der Waals surface area contributed by atoms with E-state index in [9.17, 15) is 0 Å². The van der Waals surface area contributed by atoms with Crippen molar-refractivity contribution in [1.82, 2.24) is 25.4 Å². The van der Waals surface area contributed by atoms with Crippen molar-refractivity contribution in [2.24, 2.45) is 12.0 Å². The summed E-state index contributed by atoms with van der Waals surface area (Å²) in [5, 5.41) is 15.8. The number of aliphatic imine (C=N–C) groups is 1. The maximum absolute atomic E-state index is 6.26. The summed E-state index contributed by atoms with van der Waals surface area (Å²) in [7, 11) is 3.61. The molecule has 0 fully saturated rings. The third-order valence-electron chi connectivity index (χ3n) is 4.82. The van der Waals surface area contributed by atoms with E-state index < -0.39 is 0 Å². The monoisotopic (exact) mass is 426 g/mol. The second-order valence-electron chi connectivity index (χ2n) is 6.86.